The van der Waals surface area contributed by atoms with Crippen molar-refractivity contribution >= 4 is 22.8 Å². The highest BCUT2D eigenvalue weighted by Crippen LogP contribution is 2.31. The molecule has 122 valence electrons. The molecule has 0 spiro atoms. The molecule has 1 heterocycles. The second-order valence-electron chi connectivity index (χ2n) is 7.29. The van der Waals surface area contributed by atoms with E-state index in [0.717, 1.165) is 29.3 Å². The van der Waals surface area contributed by atoms with Crippen LogP contribution in [0.2, 0.25) is 0 Å². The van der Waals surface area contributed by atoms with Gasteiger partial charge in [-0.3, -0.25) is 4.79 Å². The van der Waals surface area contributed by atoms with Gasteiger partial charge in [0.05, 0.1) is 0 Å². The van der Waals surface area contributed by atoms with E-state index in [1.165, 1.54) is 0 Å². The number of nitrogens with one attached hydrogen (secondary N) is 2. The maximum Gasteiger partial charge on any atom is 0.352 e. The van der Waals surface area contributed by atoms with E-state index in [1.807, 2.05) is 18.2 Å². The Hall–Kier alpha value is -2.30. The van der Waals surface area contributed by atoms with Crippen molar-refractivity contribution in [1.29, 1.82) is 0 Å². The summed E-state index contributed by atoms with van der Waals surface area (Å²) >= 11 is 0. The lowest BCUT2D eigenvalue weighted by Gasteiger charge is -2.19. The molecule has 0 radical (unpaired) electrons. The number of aromatic amines is 1. The van der Waals surface area contributed by atoms with Gasteiger partial charge in [0, 0.05) is 28.9 Å². The SMILES string of the molecule is CC(C)(C)c1ccc2[nH]c(C(=O)O)c(CNC(=O)C3CC3)c2c1. The number of rotatable bonds is 4. The fourth-order valence-electron chi connectivity index (χ4n) is 2.75. The van der Waals surface area contributed by atoms with Crippen molar-refractivity contribution in [1.82, 2.24) is 10.3 Å². The minimum absolute atomic E-state index is 0.0164. The molecule has 0 saturated heterocycles. The van der Waals surface area contributed by atoms with E-state index in [4.69, 9.17) is 0 Å². The molecule has 5 heteroatoms. The molecule has 1 fully saturated rings. The maximum atomic E-state index is 11.9. The second kappa shape index (κ2) is 5.41. The lowest BCUT2D eigenvalue weighted by Crippen LogP contribution is -2.25. The van der Waals surface area contributed by atoms with Crippen LogP contribution in [0.4, 0.5) is 0 Å². The normalized spacial score (nSPS) is 14.9. The third-order valence-electron chi connectivity index (χ3n) is 4.37. The van der Waals surface area contributed by atoms with Gasteiger partial charge >= 0.3 is 5.97 Å². The van der Waals surface area contributed by atoms with Crippen molar-refractivity contribution in [3.63, 3.8) is 0 Å². The molecule has 3 rings (SSSR count). The van der Waals surface area contributed by atoms with Crippen molar-refractivity contribution in [2.45, 2.75) is 45.6 Å². The van der Waals surface area contributed by atoms with Crippen LogP contribution in [0.1, 0.15) is 55.2 Å². The van der Waals surface area contributed by atoms with Gasteiger partial charge in [-0.25, -0.2) is 4.79 Å². The van der Waals surface area contributed by atoms with Crippen molar-refractivity contribution in [3.8, 4) is 0 Å². The van der Waals surface area contributed by atoms with Crippen LogP contribution in [0.25, 0.3) is 10.9 Å². The van der Waals surface area contributed by atoms with Crippen LogP contribution in [-0.4, -0.2) is 22.0 Å². The topological polar surface area (TPSA) is 82.2 Å². The molecule has 5 nitrogen and oxygen atoms in total. The lowest BCUT2D eigenvalue weighted by molar-refractivity contribution is -0.122. The molecule has 1 aliphatic rings. The van der Waals surface area contributed by atoms with E-state index < -0.39 is 5.97 Å². The number of carboxylic acids is 1. The number of fused-ring (bicyclic) bond motifs is 1. The van der Waals surface area contributed by atoms with Crippen LogP contribution in [0.5, 0.6) is 0 Å². The van der Waals surface area contributed by atoms with E-state index in [1.54, 1.807) is 0 Å². The highest BCUT2D eigenvalue weighted by Gasteiger charge is 2.30. The quantitative estimate of drug-likeness (QED) is 0.810. The van der Waals surface area contributed by atoms with Crippen molar-refractivity contribution < 1.29 is 14.7 Å². The summed E-state index contributed by atoms with van der Waals surface area (Å²) in [7, 11) is 0. The summed E-state index contributed by atoms with van der Waals surface area (Å²) < 4.78 is 0. The predicted molar refractivity (Wildman–Crippen MR) is 88.5 cm³/mol. The summed E-state index contributed by atoms with van der Waals surface area (Å²) in [6, 6.07) is 5.95. The van der Waals surface area contributed by atoms with Gasteiger partial charge < -0.3 is 15.4 Å². The Labute approximate surface area is 135 Å². The number of aromatic carboxylic acids is 1. The Morgan fingerprint density at radius 1 is 1.30 bits per heavy atom. The van der Waals surface area contributed by atoms with Gasteiger partial charge in [-0.1, -0.05) is 26.8 Å². The molecule has 0 unspecified atom stereocenters. The zero-order chi connectivity index (χ0) is 16.8. The molecule has 2 aromatic rings. The molecule has 0 atom stereocenters. The molecular formula is C18H22N2O3. The summed E-state index contributed by atoms with van der Waals surface area (Å²) in [5.74, 6) is -0.879. The van der Waals surface area contributed by atoms with Crippen LogP contribution in [-0.2, 0) is 16.8 Å². The number of carboxylic acid groups (broad SMARTS) is 1. The molecule has 1 amide bonds. The zero-order valence-corrected chi connectivity index (χ0v) is 13.7. The maximum absolute atomic E-state index is 11.9. The second-order valence-corrected chi connectivity index (χ2v) is 7.29. The van der Waals surface area contributed by atoms with Gasteiger partial charge in [0.15, 0.2) is 0 Å². The molecule has 23 heavy (non-hydrogen) atoms. The van der Waals surface area contributed by atoms with Crippen LogP contribution in [0.15, 0.2) is 18.2 Å². The number of amides is 1. The molecule has 1 aliphatic carbocycles. The third-order valence-corrected chi connectivity index (χ3v) is 4.37. The summed E-state index contributed by atoms with van der Waals surface area (Å²) in [4.78, 5) is 26.4. The fourth-order valence-corrected chi connectivity index (χ4v) is 2.75. The van der Waals surface area contributed by atoms with Crippen LogP contribution in [0, 0.1) is 5.92 Å². The van der Waals surface area contributed by atoms with E-state index in [0.29, 0.717) is 5.56 Å². The lowest BCUT2D eigenvalue weighted by atomic mass is 9.86. The van der Waals surface area contributed by atoms with Gasteiger partial charge in [0.2, 0.25) is 5.91 Å². The molecular weight excluding hydrogens is 292 g/mol. The van der Waals surface area contributed by atoms with Gasteiger partial charge in [-0.15, -0.1) is 0 Å². The fraction of sp³-hybridized carbons (Fsp3) is 0.444. The Morgan fingerprint density at radius 3 is 2.57 bits per heavy atom. The Balaban J connectivity index is 2.01. The van der Waals surface area contributed by atoms with Gasteiger partial charge in [-0.05, 0) is 36.0 Å². The minimum atomic E-state index is -1.01. The molecule has 1 saturated carbocycles. The number of hydrogen-bond donors (Lipinski definition) is 3. The number of aromatic nitrogens is 1. The first-order valence-corrected chi connectivity index (χ1v) is 7.93. The molecule has 1 aromatic heterocycles. The summed E-state index contributed by atoms with van der Waals surface area (Å²) in [6.07, 6.45) is 1.86. The van der Waals surface area contributed by atoms with Crippen LogP contribution >= 0.6 is 0 Å². The first kappa shape index (κ1) is 15.6. The van der Waals surface area contributed by atoms with Crippen LogP contribution < -0.4 is 5.32 Å². The van der Waals surface area contributed by atoms with Gasteiger partial charge in [-0.2, -0.15) is 0 Å². The minimum Gasteiger partial charge on any atom is -0.477 e. The van der Waals surface area contributed by atoms with E-state index in [-0.39, 0.29) is 29.5 Å². The third kappa shape index (κ3) is 3.09. The highest BCUT2D eigenvalue weighted by atomic mass is 16.4. The average molecular weight is 314 g/mol. The Morgan fingerprint density at radius 2 is 2.00 bits per heavy atom. The predicted octanol–water partition coefficient (Wildman–Crippen LogP) is 3.19. The highest BCUT2D eigenvalue weighted by molar-refractivity contribution is 5.98. The zero-order valence-electron chi connectivity index (χ0n) is 13.7. The van der Waals surface area contributed by atoms with E-state index in [2.05, 4.69) is 31.1 Å². The van der Waals surface area contributed by atoms with E-state index >= 15 is 0 Å². The van der Waals surface area contributed by atoms with Gasteiger partial charge in [0.25, 0.3) is 0 Å². The number of carbonyl (C=O) groups excluding carboxylic acids is 1. The molecule has 1 aromatic carbocycles. The largest absolute Gasteiger partial charge is 0.477 e. The first-order chi connectivity index (χ1) is 10.8. The molecule has 0 bridgehead atoms. The van der Waals surface area contributed by atoms with Gasteiger partial charge in [0.1, 0.15) is 5.69 Å². The summed E-state index contributed by atoms with van der Waals surface area (Å²) in [6.45, 7) is 6.60. The summed E-state index contributed by atoms with van der Waals surface area (Å²) in [5, 5.41) is 13.2. The number of H-pyrrole nitrogens is 1. The average Bonchev–Trinajstić information content (AvgIpc) is 3.24. The van der Waals surface area contributed by atoms with Crippen molar-refractivity contribution in [2.75, 3.05) is 0 Å². The number of carbonyl (C=O) groups is 2. The number of benzene rings is 1. The van der Waals surface area contributed by atoms with Crippen molar-refractivity contribution in [2.24, 2.45) is 5.92 Å². The molecule has 3 N–H and O–H groups in total. The number of hydrogen-bond acceptors (Lipinski definition) is 2. The Bertz CT molecular complexity index is 779. The monoisotopic (exact) mass is 314 g/mol. The standard InChI is InChI=1S/C18H22N2O3/c1-18(2,3)11-6-7-14-12(8-11)13(15(20-14)17(22)23)9-19-16(21)10-4-5-10/h6-8,10,20H,4-5,9H2,1-3H3,(H,19,21)(H,22,23). The smallest absolute Gasteiger partial charge is 0.352 e. The molecule has 0 aliphatic heterocycles. The Kier molecular flexibility index (Phi) is 3.66. The van der Waals surface area contributed by atoms with Crippen LogP contribution in [0.3, 0.4) is 0 Å². The van der Waals surface area contributed by atoms with E-state index in [9.17, 15) is 14.7 Å². The summed E-state index contributed by atoms with van der Waals surface area (Å²) in [5.41, 5.74) is 2.69. The van der Waals surface area contributed by atoms with Crippen molar-refractivity contribution in [3.05, 3.63) is 35.0 Å². The first-order valence-electron chi connectivity index (χ1n) is 7.93.